The molecule has 2 N–H and O–H groups in total. The quantitative estimate of drug-likeness (QED) is 0.582. The van der Waals surface area contributed by atoms with Crippen LogP contribution in [0.1, 0.15) is 18.7 Å². The zero-order valence-corrected chi connectivity index (χ0v) is 17.8. The normalized spacial score (nSPS) is 30.4. The van der Waals surface area contributed by atoms with Crippen LogP contribution in [0.25, 0.3) is 11.2 Å². The summed E-state index contributed by atoms with van der Waals surface area (Å²) in [5, 5.41) is 0. The summed E-state index contributed by atoms with van der Waals surface area (Å²) in [6, 6.07) is 9.41. The van der Waals surface area contributed by atoms with Gasteiger partial charge in [-0.3, -0.25) is 18.1 Å². The Labute approximate surface area is 178 Å². The SMILES string of the molecule is COc1nc(N)nc2c1ncn2[C@@H]1O[C@@H]2COP(=O)(OCc3ccccc3)O[C@H]2[C@@H]1C. The predicted molar refractivity (Wildman–Crippen MR) is 109 cm³/mol. The zero-order chi connectivity index (χ0) is 21.6. The molecule has 1 aromatic carbocycles. The molecule has 164 valence electrons. The van der Waals surface area contributed by atoms with Gasteiger partial charge in [0.25, 0.3) is 0 Å². The lowest BCUT2D eigenvalue weighted by Crippen LogP contribution is -2.36. The molecule has 5 rings (SSSR count). The monoisotopic (exact) mass is 447 g/mol. The van der Waals surface area contributed by atoms with Crippen LogP contribution in [0.15, 0.2) is 36.7 Å². The predicted octanol–water partition coefficient (Wildman–Crippen LogP) is 2.69. The molecule has 0 radical (unpaired) electrons. The summed E-state index contributed by atoms with van der Waals surface area (Å²) in [7, 11) is -2.24. The highest BCUT2D eigenvalue weighted by atomic mass is 31.2. The van der Waals surface area contributed by atoms with E-state index in [0.717, 1.165) is 5.56 Å². The van der Waals surface area contributed by atoms with E-state index in [-0.39, 0.29) is 31.0 Å². The fourth-order valence-corrected chi connectivity index (χ4v) is 5.33. The van der Waals surface area contributed by atoms with E-state index in [0.29, 0.717) is 11.2 Å². The smallest absolute Gasteiger partial charge is 0.475 e. The number of benzene rings is 1. The van der Waals surface area contributed by atoms with Crippen LogP contribution >= 0.6 is 7.82 Å². The average Bonchev–Trinajstić information content (AvgIpc) is 3.33. The number of imidazole rings is 1. The summed E-state index contributed by atoms with van der Waals surface area (Å²) < 4.78 is 43.0. The van der Waals surface area contributed by atoms with Crippen molar-refractivity contribution in [3.63, 3.8) is 0 Å². The highest BCUT2D eigenvalue weighted by Crippen LogP contribution is 2.58. The van der Waals surface area contributed by atoms with E-state index in [1.165, 1.54) is 7.11 Å². The maximum absolute atomic E-state index is 13.0. The van der Waals surface area contributed by atoms with E-state index < -0.39 is 26.3 Å². The molecule has 0 saturated carbocycles. The molecule has 0 aliphatic carbocycles. The van der Waals surface area contributed by atoms with Gasteiger partial charge >= 0.3 is 7.82 Å². The Bertz CT molecular complexity index is 1140. The van der Waals surface area contributed by atoms with Crippen molar-refractivity contribution in [3.8, 4) is 5.88 Å². The zero-order valence-electron chi connectivity index (χ0n) is 17.0. The summed E-state index contributed by atoms with van der Waals surface area (Å²) in [5.41, 5.74) is 7.63. The van der Waals surface area contributed by atoms with Crippen molar-refractivity contribution >= 4 is 24.9 Å². The number of rotatable bonds is 5. The number of nitrogens with two attached hydrogens (primary N) is 1. The largest absolute Gasteiger partial charge is 0.479 e. The van der Waals surface area contributed by atoms with Crippen LogP contribution in [-0.2, 0) is 29.5 Å². The van der Waals surface area contributed by atoms with Gasteiger partial charge in [0.15, 0.2) is 11.2 Å². The Morgan fingerprint density at radius 1 is 1.29 bits per heavy atom. The number of methoxy groups -OCH3 is 1. The van der Waals surface area contributed by atoms with E-state index in [4.69, 9.17) is 28.8 Å². The molecule has 2 fully saturated rings. The Balaban J connectivity index is 1.36. The van der Waals surface area contributed by atoms with Crippen molar-refractivity contribution in [1.29, 1.82) is 0 Å². The van der Waals surface area contributed by atoms with Gasteiger partial charge in [-0.15, -0.1) is 0 Å². The van der Waals surface area contributed by atoms with Crippen molar-refractivity contribution in [2.24, 2.45) is 5.92 Å². The van der Waals surface area contributed by atoms with Gasteiger partial charge in [-0.1, -0.05) is 37.3 Å². The number of anilines is 1. The number of fused-ring (bicyclic) bond motifs is 2. The molecule has 0 amide bonds. The molecular formula is C19H22N5O6P. The van der Waals surface area contributed by atoms with E-state index in [9.17, 15) is 4.57 Å². The van der Waals surface area contributed by atoms with E-state index in [2.05, 4.69) is 15.0 Å². The second kappa shape index (κ2) is 7.85. The number of aromatic nitrogens is 4. The molecule has 3 aromatic rings. The summed E-state index contributed by atoms with van der Waals surface area (Å²) in [5.74, 6) is 0.150. The Morgan fingerprint density at radius 3 is 2.87 bits per heavy atom. The third-order valence-corrected chi connectivity index (χ3v) is 6.82. The number of nitrogens with zero attached hydrogens (tertiary/aromatic N) is 4. The molecule has 2 saturated heterocycles. The van der Waals surface area contributed by atoms with E-state index in [1.54, 1.807) is 10.9 Å². The molecule has 11 nitrogen and oxygen atoms in total. The van der Waals surface area contributed by atoms with Gasteiger partial charge in [0, 0.05) is 5.92 Å². The third kappa shape index (κ3) is 3.68. The third-order valence-electron chi connectivity index (χ3n) is 5.40. The van der Waals surface area contributed by atoms with Crippen molar-refractivity contribution in [2.45, 2.75) is 32.0 Å². The summed E-state index contributed by atoms with van der Waals surface area (Å²) in [4.78, 5) is 12.7. The molecule has 2 aliphatic rings. The fraction of sp³-hybridized carbons (Fsp3) is 0.421. The van der Waals surface area contributed by atoms with Crippen LogP contribution in [-0.4, -0.2) is 45.4 Å². The first-order chi connectivity index (χ1) is 15.0. The van der Waals surface area contributed by atoms with Crippen LogP contribution in [0.2, 0.25) is 0 Å². The molecule has 31 heavy (non-hydrogen) atoms. The lowest BCUT2D eigenvalue weighted by atomic mass is 10.0. The molecule has 0 spiro atoms. The highest BCUT2D eigenvalue weighted by molar-refractivity contribution is 7.48. The van der Waals surface area contributed by atoms with Gasteiger partial charge in [0.1, 0.15) is 18.4 Å². The first-order valence-corrected chi connectivity index (χ1v) is 11.2. The fourth-order valence-electron chi connectivity index (χ4n) is 3.87. The first-order valence-electron chi connectivity index (χ1n) is 9.78. The molecular weight excluding hydrogens is 425 g/mol. The number of phosphoric ester groups is 1. The minimum absolute atomic E-state index is 0.0626. The number of hydrogen-bond acceptors (Lipinski definition) is 10. The van der Waals surface area contributed by atoms with E-state index in [1.807, 2.05) is 37.3 Å². The molecule has 2 aliphatic heterocycles. The van der Waals surface area contributed by atoms with Gasteiger partial charge in [0.2, 0.25) is 11.8 Å². The lowest BCUT2D eigenvalue weighted by molar-refractivity contribution is -0.0714. The van der Waals surface area contributed by atoms with Gasteiger partial charge in [-0.2, -0.15) is 9.97 Å². The Morgan fingerprint density at radius 2 is 2.10 bits per heavy atom. The molecule has 0 bridgehead atoms. The van der Waals surface area contributed by atoms with Crippen LogP contribution in [0, 0.1) is 5.92 Å². The second-order valence-corrected chi connectivity index (χ2v) is 9.03. The number of ether oxygens (including phenoxy) is 2. The molecule has 2 aromatic heterocycles. The highest BCUT2D eigenvalue weighted by Gasteiger charge is 2.52. The summed E-state index contributed by atoms with van der Waals surface area (Å²) >= 11 is 0. The van der Waals surface area contributed by atoms with Crippen LogP contribution in [0.3, 0.4) is 0 Å². The first kappa shape index (κ1) is 20.3. The minimum atomic E-state index is -3.73. The number of phosphoric acid groups is 1. The topological polar surface area (TPSA) is 133 Å². The number of hydrogen-bond donors (Lipinski definition) is 1. The maximum Gasteiger partial charge on any atom is 0.475 e. The number of nitrogen functional groups attached to an aromatic ring is 1. The van der Waals surface area contributed by atoms with Crippen molar-refractivity contribution in [3.05, 3.63) is 42.2 Å². The second-order valence-electron chi connectivity index (χ2n) is 7.41. The van der Waals surface area contributed by atoms with Crippen LogP contribution < -0.4 is 10.5 Å². The van der Waals surface area contributed by atoms with Gasteiger partial charge in [-0.05, 0) is 5.56 Å². The van der Waals surface area contributed by atoms with Crippen molar-refractivity contribution in [2.75, 3.05) is 19.5 Å². The molecule has 4 heterocycles. The van der Waals surface area contributed by atoms with E-state index >= 15 is 0 Å². The van der Waals surface area contributed by atoms with Crippen molar-refractivity contribution in [1.82, 2.24) is 19.5 Å². The minimum Gasteiger partial charge on any atom is -0.479 e. The molecule has 1 unspecified atom stereocenters. The van der Waals surface area contributed by atoms with Crippen LogP contribution in [0.4, 0.5) is 5.95 Å². The average molecular weight is 447 g/mol. The summed E-state index contributed by atoms with van der Waals surface area (Å²) in [6.45, 7) is 2.15. The summed E-state index contributed by atoms with van der Waals surface area (Å²) in [6.07, 6.45) is 0.203. The Hall–Kier alpha value is -2.56. The Kier molecular flexibility index (Phi) is 5.15. The van der Waals surface area contributed by atoms with Gasteiger partial charge in [0.05, 0.1) is 26.7 Å². The standard InChI is InChI=1S/C19H22N5O6P/c1-11-15-13(9-28-31(25,30-15)27-8-12-6-4-3-5-7-12)29-18(11)24-10-21-14-16(24)22-19(20)23-17(14)26-2/h3-7,10-11,13,15,18H,8-9H2,1-2H3,(H2,20,22,23)/t11-,13+,15-,18+,31?/m0/s1. The molecule has 5 atom stereocenters. The molecule has 12 heteroatoms. The van der Waals surface area contributed by atoms with Crippen LogP contribution in [0.5, 0.6) is 5.88 Å². The maximum atomic E-state index is 13.0. The van der Waals surface area contributed by atoms with Gasteiger partial charge < -0.3 is 15.2 Å². The lowest BCUT2D eigenvalue weighted by Gasteiger charge is -2.31. The van der Waals surface area contributed by atoms with Crippen molar-refractivity contribution < 1.29 is 27.6 Å². The van der Waals surface area contributed by atoms with Gasteiger partial charge in [-0.25, -0.2) is 9.55 Å².